The molecule has 1 aliphatic heterocycles. The van der Waals surface area contributed by atoms with E-state index in [4.69, 9.17) is 5.11 Å². The summed E-state index contributed by atoms with van der Waals surface area (Å²) < 4.78 is 0. The number of rotatable bonds is 2. The molecule has 0 aromatic carbocycles. The predicted octanol–water partition coefficient (Wildman–Crippen LogP) is -0.672. The van der Waals surface area contributed by atoms with Crippen molar-refractivity contribution in [2.45, 2.75) is 31.8 Å². The third kappa shape index (κ3) is 2.69. The van der Waals surface area contributed by atoms with Gasteiger partial charge in [0, 0.05) is 19.0 Å². The van der Waals surface area contributed by atoms with Gasteiger partial charge in [-0.1, -0.05) is 6.92 Å². The molecule has 3 N–H and O–H groups in total. The van der Waals surface area contributed by atoms with Gasteiger partial charge in [0.15, 0.2) is 0 Å². The Labute approximate surface area is 76.5 Å². The van der Waals surface area contributed by atoms with Crippen LogP contribution in [-0.2, 0) is 9.59 Å². The zero-order valence-corrected chi connectivity index (χ0v) is 7.54. The lowest BCUT2D eigenvalue weighted by molar-refractivity contribution is -0.139. The minimum absolute atomic E-state index is 0.0244. The lowest BCUT2D eigenvalue weighted by Crippen LogP contribution is -2.45. The quantitative estimate of drug-likeness (QED) is 0.534. The molecule has 0 aromatic rings. The van der Waals surface area contributed by atoms with E-state index in [2.05, 4.69) is 10.6 Å². The number of amides is 1. The van der Waals surface area contributed by atoms with Gasteiger partial charge < -0.3 is 10.4 Å². The fourth-order valence-electron chi connectivity index (χ4n) is 1.34. The predicted molar refractivity (Wildman–Crippen MR) is 46.3 cm³/mol. The molecule has 2 unspecified atom stereocenters. The van der Waals surface area contributed by atoms with Gasteiger partial charge >= 0.3 is 5.97 Å². The number of carboxylic acid groups (broad SMARTS) is 1. The summed E-state index contributed by atoms with van der Waals surface area (Å²) in [4.78, 5) is 21.7. The van der Waals surface area contributed by atoms with Gasteiger partial charge in [-0.15, -0.1) is 0 Å². The summed E-state index contributed by atoms with van der Waals surface area (Å²) in [7, 11) is 0. The molecule has 5 nitrogen and oxygen atoms in total. The Balaban J connectivity index is 2.61. The third-order valence-electron chi connectivity index (χ3n) is 2.16. The van der Waals surface area contributed by atoms with Crippen molar-refractivity contribution in [3.8, 4) is 0 Å². The molecule has 0 bridgehead atoms. The summed E-state index contributed by atoms with van der Waals surface area (Å²) in [5.74, 6) is -0.997. The molecule has 1 fully saturated rings. The molecular weight excluding hydrogens is 172 g/mol. The molecule has 74 valence electrons. The van der Waals surface area contributed by atoms with Crippen molar-refractivity contribution < 1.29 is 14.7 Å². The van der Waals surface area contributed by atoms with Crippen LogP contribution in [0.15, 0.2) is 0 Å². The van der Waals surface area contributed by atoms with Gasteiger partial charge in [-0.05, 0) is 6.42 Å². The van der Waals surface area contributed by atoms with Crippen molar-refractivity contribution in [3.05, 3.63) is 0 Å². The summed E-state index contributed by atoms with van der Waals surface area (Å²) in [5, 5.41) is 14.2. The molecule has 1 saturated heterocycles. The normalized spacial score (nSPS) is 29.2. The number of carboxylic acids is 1. The van der Waals surface area contributed by atoms with Crippen LogP contribution in [0, 0.1) is 0 Å². The highest BCUT2D eigenvalue weighted by molar-refractivity contribution is 5.80. The molecule has 0 aromatic heterocycles. The van der Waals surface area contributed by atoms with Crippen molar-refractivity contribution in [1.82, 2.24) is 10.6 Å². The van der Waals surface area contributed by atoms with E-state index in [-0.39, 0.29) is 18.5 Å². The summed E-state index contributed by atoms with van der Waals surface area (Å²) in [6.45, 7) is 2.10. The number of aliphatic carboxylic acids is 1. The second-order valence-corrected chi connectivity index (χ2v) is 3.17. The minimum atomic E-state index is -0.916. The second kappa shape index (κ2) is 4.23. The summed E-state index contributed by atoms with van der Waals surface area (Å²) in [6.07, 6.45) is 1.12. The van der Waals surface area contributed by atoms with E-state index in [1.165, 1.54) is 0 Å². The minimum Gasteiger partial charge on any atom is -0.480 e. The number of carbonyl (C=O) groups is 2. The Kier molecular flexibility index (Phi) is 3.25. The standard InChI is InChI=1S/C8H14N2O3/c1-2-5-3-7(11)9-4-6(10-5)8(12)13/h5-6,10H,2-4H2,1H3,(H,9,11)(H,12,13). The maximum atomic E-state index is 11.1. The molecule has 13 heavy (non-hydrogen) atoms. The Hall–Kier alpha value is -1.10. The van der Waals surface area contributed by atoms with Gasteiger partial charge in [-0.2, -0.15) is 0 Å². The molecular formula is C8H14N2O3. The van der Waals surface area contributed by atoms with Gasteiger partial charge in [0.05, 0.1) is 0 Å². The van der Waals surface area contributed by atoms with E-state index >= 15 is 0 Å². The first-order valence-corrected chi connectivity index (χ1v) is 4.39. The Morgan fingerprint density at radius 3 is 2.92 bits per heavy atom. The smallest absolute Gasteiger partial charge is 0.322 e. The average Bonchev–Trinajstić information content (AvgIpc) is 2.26. The van der Waals surface area contributed by atoms with Crippen LogP contribution < -0.4 is 10.6 Å². The molecule has 0 radical (unpaired) electrons. The first kappa shape index (κ1) is 9.98. The van der Waals surface area contributed by atoms with Crippen molar-refractivity contribution >= 4 is 11.9 Å². The Morgan fingerprint density at radius 2 is 2.38 bits per heavy atom. The molecule has 1 rings (SSSR count). The molecule has 2 atom stereocenters. The van der Waals surface area contributed by atoms with E-state index in [9.17, 15) is 9.59 Å². The SMILES string of the molecule is CCC1CC(=O)NCC(C(=O)O)N1. The molecule has 1 heterocycles. The number of hydrogen-bond acceptors (Lipinski definition) is 3. The largest absolute Gasteiger partial charge is 0.480 e. The molecule has 1 amide bonds. The van der Waals surface area contributed by atoms with Gasteiger partial charge in [-0.3, -0.25) is 14.9 Å². The maximum Gasteiger partial charge on any atom is 0.322 e. The first-order chi connectivity index (χ1) is 6.13. The third-order valence-corrected chi connectivity index (χ3v) is 2.16. The van der Waals surface area contributed by atoms with Crippen molar-refractivity contribution in [2.75, 3.05) is 6.54 Å². The summed E-state index contributed by atoms with van der Waals surface area (Å²) in [5.41, 5.74) is 0. The van der Waals surface area contributed by atoms with Crippen LogP contribution in [0.1, 0.15) is 19.8 Å². The Morgan fingerprint density at radius 1 is 1.69 bits per heavy atom. The second-order valence-electron chi connectivity index (χ2n) is 3.17. The van der Waals surface area contributed by atoms with E-state index in [1.807, 2.05) is 6.92 Å². The molecule has 5 heteroatoms. The van der Waals surface area contributed by atoms with E-state index in [0.29, 0.717) is 6.42 Å². The van der Waals surface area contributed by atoms with Crippen LogP contribution in [0.3, 0.4) is 0 Å². The number of nitrogens with one attached hydrogen (secondary N) is 2. The number of carbonyl (C=O) groups excluding carboxylic acids is 1. The maximum absolute atomic E-state index is 11.1. The topological polar surface area (TPSA) is 78.4 Å². The fourth-order valence-corrected chi connectivity index (χ4v) is 1.34. The number of hydrogen-bond donors (Lipinski definition) is 3. The summed E-state index contributed by atoms with van der Waals surface area (Å²) >= 11 is 0. The lowest BCUT2D eigenvalue weighted by atomic mass is 10.1. The van der Waals surface area contributed by atoms with E-state index in [1.54, 1.807) is 0 Å². The van der Waals surface area contributed by atoms with Crippen LogP contribution in [0.2, 0.25) is 0 Å². The van der Waals surface area contributed by atoms with Crippen molar-refractivity contribution in [1.29, 1.82) is 0 Å². The van der Waals surface area contributed by atoms with Crippen LogP contribution in [0.25, 0.3) is 0 Å². The highest BCUT2D eigenvalue weighted by atomic mass is 16.4. The molecule has 0 aliphatic carbocycles. The van der Waals surface area contributed by atoms with Gasteiger partial charge in [0.2, 0.25) is 5.91 Å². The zero-order chi connectivity index (χ0) is 9.84. The van der Waals surface area contributed by atoms with Crippen LogP contribution in [0.5, 0.6) is 0 Å². The van der Waals surface area contributed by atoms with Crippen molar-refractivity contribution in [2.24, 2.45) is 0 Å². The fraction of sp³-hybridized carbons (Fsp3) is 0.750. The first-order valence-electron chi connectivity index (χ1n) is 4.39. The Bertz CT molecular complexity index is 217. The van der Waals surface area contributed by atoms with E-state index < -0.39 is 12.0 Å². The van der Waals surface area contributed by atoms with Crippen molar-refractivity contribution in [3.63, 3.8) is 0 Å². The highest BCUT2D eigenvalue weighted by Crippen LogP contribution is 2.03. The molecule has 1 aliphatic rings. The van der Waals surface area contributed by atoms with Crippen LogP contribution in [-0.4, -0.2) is 35.6 Å². The zero-order valence-electron chi connectivity index (χ0n) is 7.54. The van der Waals surface area contributed by atoms with Crippen LogP contribution in [0.4, 0.5) is 0 Å². The highest BCUT2D eigenvalue weighted by Gasteiger charge is 2.26. The van der Waals surface area contributed by atoms with Gasteiger partial charge in [-0.25, -0.2) is 0 Å². The van der Waals surface area contributed by atoms with Gasteiger partial charge in [0.25, 0.3) is 0 Å². The van der Waals surface area contributed by atoms with E-state index in [0.717, 1.165) is 6.42 Å². The monoisotopic (exact) mass is 186 g/mol. The molecule has 0 spiro atoms. The average molecular weight is 186 g/mol. The van der Waals surface area contributed by atoms with Gasteiger partial charge in [0.1, 0.15) is 6.04 Å². The molecule has 0 saturated carbocycles. The lowest BCUT2D eigenvalue weighted by Gasteiger charge is -2.16. The summed E-state index contributed by atoms with van der Waals surface area (Å²) in [6, 6.07) is -0.681. The van der Waals surface area contributed by atoms with Crippen LogP contribution >= 0.6 is 0 Å².